The summed E-state index contributed by atoms with van der Waals surface area (Å²) < 4.78 is 41.6. The van der Waals surface area contributed by atoms with Gasteiger partial charge in [-0.05, 0) is 74.8 Å². The molecule has 1 N–H and O–H groups in total. The van der Waals surface area contributed by atoms with E-state index in [4.69, 9.17) is 4.98 Å². The van der Waals surface area contributed by atoms with Gasteiger partial charge in [0.1, 0.15) is 6.07 Å². The first-order valence-corrected chi connectivity index (χ1v) is 13.0. The van der Waals surface area contributed by atoms with Gasteiger partial charge in [-0.25, -0.2) is 0 Å². The summed E-state index contributed by atoms with van der Waals surface area (Å²) in [7, 11) is 3.96. The molecule has 4 heterocycles. The molecule has 7 nitrogen and oxygen atoms in total. The monoisotopic (exact) mass is 536 g/mol. The molecule has 0 unspecified atom stereocenters. The molecule has 2 aromatic heterocycles. The van der Waals surface area contributed by atoms with Crippen molar-refractivity contribution in [2.24, 2.45) is 13.0 Å². The Morgan fingerprint density at radius 1 is 1.13 bits per heavy atom. The van der Waals surface area contributed by atoms with Crippen LogP contribution in [0.1, 0.15) is 36.0 Å². The molecular weight excluding hydrogens is 505 g/mol. The Kier molecular flexibility index (Phi) is 7.12. The standard InChI is InChI=1S/C29H31F3N6O/c1-36-13-9-20(19-36)27(39)35-28(23-5-7-24(34-18-23)26-4-3-12-37(26)2)10-14-38(15-11-28)25-8-6-22(29(30,31)32)16-21(25)17-33/h3-8,12,16,18,20H,9-11,13-15,19H2,1-2H3,(H,35,39)/t20-/m1/s1. The molecule has 0 saturated carbocycles. The van der Waals surface area contributed by atoms with Crippen LogP contribution in [0.3, 0.4) is 0 Å². The SMILES string of the molecule is CN1CC[C@@H](C(=O)NC2(c3ccc(-c4cccn4C)nc3)CCN(c3ccc(C(F)(F)F)cc3C#N)CC2)C1. The van der Waals surface area contributed by atoms with Crippen LogP contribution in [-0.4, -0.2) is 53.6 Å². The first kappa shape index (κ1) is 26.8. The fraction of sp³-hybridized carbons (Fsp3) is 0.414. The number of halogens is 3. The average molecular weight is 537 g/mol. The molecule has 39 heavy (non-hydrogen) atoms. The number of likely N-dealkylation sites (tertiary alicyclic amines) is 1. The fourth-order valence-corrected chi connectivity index (χ4v) is 5.74. The Morgan fingerprint density at radius 2 is 1.90 bits per heavy atom. The molecule has 2 aliphatic rings. The van der Waals surface area contributed by atoms with E-state index < -0.39 is 17.3 Å². The van der Waals surface area contributed by atoms with E-state index in [-0.39, 0.29) is 17.4 Å². The Morgan fingerprint density at radius 3 is 2.46 bits per heavy atom. The summed E-state index contributed by atoms with van der Waals surface area (Å²) in [6.07, 6.45) is 1.11. The molecule has 0 aliphatic carbocycles. The topological polar surface area (TPSA) is 77.2 Å². The molecule has 1 atom stereocenters. The minimum atomic E-state index is -4.52. The highest BCUT2D eigenvalue weighted by Crippen LogP contribution is 2.38. The molecule has 1 aromatic carbocycles. The summed E-state index contributed by atoms with van der Waals surface area (Å²) in [5.74, 6) is -0.0906. The van der Waals surface area contributed by atoms with Crippen molar-refractivity contribution in [3.8, 4) is 17.5 Å². The highest BCUT2D eigenvalue weighted by molar-refractivity contribution is 5.80. The van der Waals surface area contributed by atoms with Gasteiger partial charge < -0.3 is 19.7 Å². The van der Waals surface area contributed by atoms with Crippen LogP contribution in [0.15, 0.2) is 54.9 Å². The van der Waals surface area contributed by atoms with E-state index in [0.717, 1.165) is 42.0 Å². The van der Waals surface area contributed by atoms with Crippen molar-refractivity contribution in [3.05, 3.63) is 71.5 Å². The third kappa shape index (κ3) is 5.36. The molecule has 2 aliphatic heterocycles. The van der Waals surface area contributed by atoms with Crippen LogP contribution in [0.5, 0.6) is 0 Å². The van der Waals surface area contributed by atoms with E-state index in [0.29, 0.717) is 38.2 Å². The molecule has 204 valence electrons. The van der Waals surface area contributed by atoms with Crippen molar-refractivity contribution in [1.29, 1.82) is 5.26 Å². The van der Waals surface area contributed by atoms with Crippen molar-refractivity contribution >= 4 is 11.6 Å². The second-order valence-corrected chi connectivity index (χ2v) is 10.6. The molecule has 3 aromatic rings. The van der Waals surface area contributed by atoms with Crippen molar-refractivity contribution in [2.75, 3.05) is 38.1 Å². The predicted molar refractivity (Wildman–Crippen MR) is 142 cm³/mol. The lowest BCUT2D eigenvalue weighted by Gasteiger charge is -2.44. The van der Waals surface area contributed by atoms with Gasteiger partial charge in [0.2, 0.25) is 5.91 Å². The number of carbonyl (C=O) groups is 1. The summed E-state index contributed by atoms with van der Waals surface area (Å²) in [5.41, 5.74) is 1.65. The molecule has 2 saturated heterocycles. The first-order chi connectivity index (χ1) is 18.6. The quantitative estimate of drug-likeness (QED) is 0.518. The lowest BCUT2D eigenvalue weighted by atomic mass is 9.80. The van der Waals surface area contributed by atoms with E-state index in [2.05, 4.69) is 10.2 Å². The predicted octanol–water partition coefficient (Wildman–Crippen LogP) is 4.54. The van der Waals surface area contributed by atoms with E-state index in [1.807, 2.05) is 66.3 Å². The van der Waals surface area contributed by atoms with Crippen LogP contribution in [0.2, 0.25) is 0 Å². The van der Waals surface area contributed by atoms with Crippen molar-refractivity contribution in [3.63, 3.8) is 0 Å². The maximum Gasteiger partial charge on any atom is 0.416 e. The molecule has 5 rings (SSSR count). The van der Waals surface area contributed by atoms with Gasteiger partial charge in [-0.3, -0.25) is 9.78 Å². The summed E-state index contributed by atoms with van der Waals surface area (Å²) in [4.78, 5) is 22.2. The summed E-state index contributed by atoms with van der Waals surface area (Å²) in [6.45, 7) is 2.50. The molecule has 10 heteroatoms. The number of benzene rings is 1. The highest BCUT2D eigenvalue weighted by atomic mass is 19.4. The van der Waals surface area contributed by atoms with Crippen LogP contribution < -0.4 is 10.2 Å². The third-order valence-corrected chi connectivity index (χ3v) is 8.05. The zero-order valence-corrected chi connectivity index (χ0v) is 22.0. The largest absolute Gasteiger partial charge is 0.416 e. The third-order valence-electron chi connectivity index (χ3n) is 8.05. The minimum absolute atomic E-state index is 0.00607. The summed E-state index contributed by atoms with van der Waals surface area (Å²) in [6, 6.07) is 13.1. The lowest BCUT2D eigenvalue weighted by Crippen LogP contribution is -2.54. The molecule has 1 amide bonds. The van der Waals surface area contributed by atoms with Crippen molar-refractivity contribution in [2.45, 2.75) is 31.0 Å². The number of alkyl halides is 3. The van der Waals surface area contributed by atoms with Crippen LogP contribution >= 0.6 is 0 Å². The van der Waals surface area contributed by atoms with Gasteiger partial charge in [0, 0.05) is 39.1 Å². The molecular formula is C29H31F3N6O. The number of hydrogen-bond acceptors (Lipinski definition) is 5. The number of aromatic nitrogens is 2. The number of anilines is 1. The van der Waals surface area contributed by atoms with Gasteiger partial charge in [0.25, 0.3) is 0 Å². The highest BCUT2D eigenvalue weighted by Gasteiger charge is 2.41. The van der Waals surface area contributed by atoms with Crippen LogP contribution in [0.25, 0.3) is 11.4 Å². The summed E-state index contributed by atoms with van der Waals surface area (Å²) >= 11 is 0. The molecule has 0 bridgehead atoms. The van der Waals surface area contributed by atoms with Gasteiger partial charge in [-0.1, -0.05) is 6.07 Å². The van der Waals surface area contributed by atoms with Gasteiger partial charge in [0.05, 0.1) is 39.7 Å². The first-order valence-electron chi connectivity index (χ1n) is 13.0. The van der Waals surface area contributed by atoms with Gasteiger partial charge in [-0.15, -0.1) is 0 Å². The van der Waals surface area contributed by atoms with E-state index in [9.17, 15) is 23.2 Å². The number of nitrogens with zero attached hydrogens (tertiary/aromatic N) is 5. The maximum absolute atomic E-state index is 13.4. The van der Waals surface area contributed by atoms with Gasteiger partial charge >= 0.3 is 6.18 Å². The normalized spacial score (nSPS) is 19.6. The Hall–Kier alpha value is -3.84. The van der Waals surface area contributed by atoms with E-state index in [1.165, 1.54) is 6.07 Å². The van der Waals surface area contributed by atoms with Crippen molar-refractivity contribution in [1.82, 2.24) is 19.8 Å². The second kappa shape index (κ2) is 10.4. The van der Waals surface area contributed by atoms with Crippen LogP contribution in [-0.2, 0) is 23.6 Å². The summed E-state index contributed by atoms with van der Waals surface area (Å²) in [5, 5.41) is 12.9. The smallest absolute Gasteiger partial charge is 0.370 e. The maximum atomic E-state index is 13.4. The van der Waals surface area contributed by atoms with E-state index in [1.54, 1.807) is 0 Å². The number of rotatable bonds is 5. The molecule has 0 radical (unpaired) electrons. The zero-order valence-electron chi connectivity index (χ0n) is 22.0. The van der Waals surface area contributed by atoms with Crippen LogP contribution in [0, 0.1) is 17.2 Å². The molecule has 2 fully saturated rings. The number of piperidine rings is 1. The number of pyridine rings is 1. The minimum Gasteiger partial charge on any atom is -0.370 e. The number of aryl methyl sites for hydroxylation is 1. The molecule has 0 spiro atoms. The van der Waals surface area contributed by atoms with Crippen molar-refractivity contribution < 1.29 is 18.0 Å². The Labute approximate surface area is 225 Å². The average Bonchev–Trinajstić information content (AvgIpc) is 3.56. The van der Waals surface area contributed by atoms with E-state index >= 15 is 0 Å². The Balaban J connectivity index is 1.42. The van der Waals surface area contributed by atoms with Crippen LogP contribution in [0.4, 0.5) is 18.9 Å². The zero-order chi connectivity index (χ0) is 27.8. The fourth-order valence-electron chi connectivity index (χ4n) is 5.74. The number of amides is 1. The number of nitriles is 1. The number of nitrogens with one attached hydrogen (secondary N) is 1. The van der Waals surface area contributed by atoms with Gasteiger partial charge in [-0.2, -0.15) is 18.4 Å². The van der Waals surface area contributed by atoms with Gasteiger partial charge in [0.15, 0.2) is 0 Å². The number of hydrogen-bond donors (Lipinski definition) is 1. The Bertz CT molecular complexity index is 1380. The lowest BCUT2D eigenvalue weighted by molar-refractivity contribution is -0.137. The number of carbonyl (C=O) groups excluding carboxylic acids is 1. The second-order valence-electron chi connectivity index (χ2n) is 10.6.